The standard InChI is InChI=1S/C27H26F4O7/c1-18(2)25(33)37-16-15-36-24(32)12-7-19-5-8-20(9-6-19)38-26(34)22-11-10-21(17-23(22)28)35-14-4-3-13-27(29,30)31/h5-12,17H,1,3-4,13-16H2,2H3/b12-7+. The number of halogens is 4. The van der Waals surface area contributed by atoms with E-state index in [-0.39, 0.29) is 55.3 Å². The highest BCUT2D eigenvalue weighted by Crippen LogP contribution is 2.23. The lowest BCUT2D eigenvalue weighted by Gasteiger charge is -2.09. The molecule has 0 aliphatic heterocycles. The molecule has 7 nitrogen and oxygen atoms in total. The third kappa shape index (κ3) is 11.3. The minimum Gasteiger partial charge on any atom is -0.493 e. The highest BCUT2D eigenvalue weighted by atomic mass is 19.4. The van der Waals surface area contributed by atoms with E-state index < -0.39 is 36.3 Å². The Labute approximate surface area is 216 Å². The predicted molar refractivity (Wildman–Crippen MR) is 129 cm³/mol. The first-order valence-corrected chi connectivity index (χ1v) is 11.4. The minimum atomic E-state index is -4.23. The first-order valence-electron chi connectivity index (χ1n) is 11.4. The van der Waals surface area contributed by atoms with E-state index >= 15 is 0 Å². The zero-order valence-electron chi connectivity index (χ0n) is 20.5. The van der Waals surface area contributed by atoms with Crippen molar-refractivity contribution in [3.8, 4) is 11.5 Å². The molecule has 2 aromatic rings. The maximum absolute atomic E-state index is 14.4. The number of rotatable bonds is 13. The smallest absolute Gasteiger partial charge is 0.389 e. The lowest BCUT2D eigenvalue weighted by Crippen LogP contribution is -2.13. The second-order valence-corrected chi connectivity index (χ2v) is 7.94. The van der Waals surface area contributed by atoms with Crippen LogP contribution in [0.3, 0.4) is 0 Å². The highest BCUT2D eigenvalue weighted by Gasteiger charge is 2.25. The molecular weight excluding hydrogens is 512 g/mol. The van der Waals surface area contributed by atoms with Crippen molar-refractivity contribution in [1.82, 2.24) is 0 Å². The van der Waals surface area contributed by atoms with E-state index in [1.165, 1.54) is 31.2 Å². The lowest BCUT2D eigenvalue weighted by molar-refractivity contribution is -0.146. The van der Waals surface area contributed by atoms with Crippen molar-refractivity contribution in [3.05, 3.63) is 77.6 Å². The van der Waals surface area contributed by atoms with Crippen LogP contribution < -0.4 is 9.47 Å². The predicted octanol–water partition coefficient (Wildman–Crippen LogP) is 5.83. The number of unbranched alkanes of at least 4 members (excludes halogenated alkanes) is 1. The van der Waals surface area contributed by atoms with Crippen LogP contribution in [0.1, 0.15) is 42.1 Å². The summed E-state index contributed by atoms with van der Waals surface area (Å²) in [6.07, 6.45) is -2.50. The second-order valence-electron chi connectivity index (χ2n) is 7.94. The molecule has 11 heteroatoms. The van der Waals surface area contributed by atoms with Gasteiger partial charge in [-0.25, -0.2) is 18.8 Å². The van der Waals surface area contributed by atoms with Crippen molar-refractivity contribution in [2.75, 3.05) is 19.8 Å². The van der Waals surface area contributed by atoms with Crippen LogP contribution in [0.5, 0.6) is 11.5 Å². The van der Waals surface area contributed by atoms with Crippen LogP contribution in [0.15, 0.2) is 60.7 Å². The Morgan fingerprint density at radius 3 is 2.21 bits per heavy atom. The summed E-state index contributed by atoms with van der Waals surface area (Å²) in [5, 5.41) is 0. The average molecular weight is 538 g/mol. The van der Waals surface area contributed by atoms with Crippen molar-refractivity contribution >= 4 is 24.0 Å². The SMILES string of the molecule is C=C(C)C(=O)OCCOC(=O)/C=C/c1ccc(OC(=O)c2ccc(OCCCCC(F)(F)F)cc2F)cc1. The maximum Gasteiger partial charge on any atom is 0.389 e. The molecule has 0 saturated heterocycles. The Bertz CT molecular complexity index is 1160. The summed E-state index contributed by atoms with van der Waals surface area (Å²) in [7, 11) is 0. The van der Waals surface area contributed by atoms with E-state index in [4.69, 9.17) is 18.9 Å². The quantitative estimate of drug-likeness (QED) is 0.104. The van der Waals surface area contributed by atoms with Crippen LogP contribution in [0.2, 0.25) is 0 Å². The summed E-state index contributed by atoms with van der Waals surface area (Å²) in [4.78, 5) is 35.3. The minimum absolute atomic E-state index is 0.0251. The molecule has 204 valence electrons. The Morgan fingerprint density at radius 2 is 1.58 bits per heavy atom. The molecule has 0 aromatic heterocycles. The van der Waals surface area contributed by atoms with Crippen molar-refractivity contribution in [1.29, 1.82) is 0 Å². The third-order valence-corrected chi connectivity index (χ3v) is 4.70. The van der Waals surface area contributed by atoms with Gasteiger partial charge in [0.2, 0.25) is 0 Å². The summed E-state index contributed by atoms with van der Waals surface area (Å²) in [6, 6.07) is 9.41. The Hall–Kier alpha value is -4.15. The van der Waals surface area contributed by atoms with Gasteiger partial charge in [0.1, 0.15) is 30.5 Å². The zero-order chi connectivity index (χ0) is 28.1. The molecule has 0 unspecified atom stereocenters. The fourth-order valence-corrected chi connectivity index (χ4v) is 2.79. The van der Waals surface area contributed by atoms with E-state index in [0.717, 1.165) is 18.2 Å². The normalized spacial score (nSPS) is 11.2. The molecule has 0 spiro atoms. The maximum atomic E-state index is 14.4. The van der Waals surface area contributed by atoms with Crippen molar-refractivity contribution in [2.45, 2.75) is 32.4 Å². The van der Waals surface area contributed by atoms with E-state index in [0.29, 0.717) is 5.56 Å². The van der Waals surface area contributed by atoms with Gasteiger partial charge in [0, 0.05) is 24.1 Å². The molecule has 0 N–H and O–H groups in total. The van der Waals surface area contributed by atoms with Crippen LogP contribution in [0.4, 0.5) is 17.6 Å². The summed E-state index contributed by atoms with van der Waals surface area (Å²) < 4.78 is 70.8. The fourth-order valence-electron chi connectivity index (χ4n) is 2.79. The van der Waals surface area contributed by atoms with E-state index in [1.807, 2.05) is 0 Å². The lowest BCUT2D eigenvalue weighted by atomic mass is 10.2. The molecule has 2 rings (SSSR count). The number of hydrogen-bond donors (Lipinski definition) is 0. The van der Waals surface area contributed by atoms with Crippen LogP contribution in [-0.2, 0) is 19.1 Å². The topological polar surface area (TPSA) is 88.1 Å². The Balaban J connectivity index is 1.80. The number of ether oxygens (including phenoxy) is 4. The van der Waals surface area contributed by atoms with Crippen molar-refractivity contribution in [2.24, 2.45) is 0 Å². The number of carbonyl (C=O) groups excluding carboxylic acids is 3. The molecule has 0 radical (unpaired) electrons. The van der Waals surface area contributed by atoms with Crippen molar-refractivity contribution < 1.29 is 50.9 Å². The van der Waals surface area contributed by atoms with Gasteiger partial charge in [-0.3, -0.25) is 0 Å². The Morgan fingerprint density at radius 1 is 0.921 bits per heavy atom. The van der Waals surface area contributed by atoms with E-state index in [1.54, 1.807) is 12.1 Å². The van der Waals surface area contributed by atoms with Gasteiger partial charge in [-0.1, -0.05) is 18.7 Å². The summed E-state index contributed by atoms with van der Waals surface area (Å²) >= 11 is 0. The molecule has 0 aliphatic rings. The molecule has 0 bridgehead atoms. The fraction of sp³-hybridized carbons (Fsp3) is 0.296. The van der Waals surface area contributed by atoms with Gasteiger partial charge < -0.3 is 18.9 Å². The van der Waals surface area contributed by atoms with Crippen LogP contribution in [0.25, 0.3) is 6.08 Å². The first kappa shape index (κ1) is 30.1. The number of alkyl halides is 3. The van der Waals surface area contributed by atoms with Gasteiger partial charge in [-0.2, -0.15) is 13.2 Å². The molecule has 2 aromatic carbocycles. The molecule has 0 heterocycles. The molecule has 0 fully saturated rings. The van der Waals surface area contributed by atoms with Gasteiger partial charge in [-0.05, 0) is 55.7 Å². The summed E-state index contributed by atoms with van der Waals surface area (Å²) in [6.45, 7) is 4.67. The number of carbonyl (C=O) groups is 3. The molecule has 0 aliphatic carbocycles. The largest absolute Gasteiger partial charge is 0.493 e. The van der Waals surface area contributed by atoms with E-state index in [9.17, 15) is 31.9 Å². The van der Waals surface area contributed by atoms with Gasteiger partial charge in [-0.15, -0.1) is 0 Å². The number of hydrogen-bond acceptors (Lipinski definition) is 7. The molecule has 38 heavy (non-hydrogen) atoms. The summed E-state index contributed by atoms with van der Waals surface area (Å²) in [5.74, 6) is -2.90. The van der Waals surface area contributed by atoms with Gasteiger partial charge >= 0.3 is 24.1 Å². The number of benzene rings is 2. The second kappa shape index (κ2) is 14.6. The summed E-state index contributed by atoms with van der Waals surface area (Å²) in [5.41, 5.74) is 0.463. The highest BCUT2D eigenvalue weighted by molar-refractivity contribution is 5.91. The Kier molecular flexibility index (Phi) is 11.5. The average Bonchev–Trinajstić information content (AvgIpc) is 2.85. The molecule has 0 amide bonds. The van der Waals surface area contributed by atoms with Crippen molar-refractivity contribution in [3.63, 3.8) is 0 Å². The number of esters is 3. The van der Waals surface area contributed by atoms with Crippen LogP contribution in [-0.4, -0.2) is 43.9 Å². The van der Waals surface area contributed by atoms with Crippen LogP contribution >= 0.6 is 0 Å². The monoisotopic (exact) mass is 538 g/mol. The molecule has 0 saturated carbocycles. The van der Waals surface area contributed by atoms with E-state index in [2.05, 4.69) is 6.58 Å². The van der Waals surface area contributed by atoms with Crippen LogP contribution in [0, 0.1) is 5.82 Å². The van der Waals surface area contributed by atoms with Gasteiger partial charge in [0.15, 0.2) is 0 Å². The molecule has 0 atom stereocenters. The molecular formula is C27H26F4O7. The van der Waals surface area contributed by atoms with Gasteiger partial charge in [0.05, 0.1) is 12.2 Å². The third-order valence-electron chi connectivity index (χ3n) is 4.70. The van der Waals surface area contributed by atoms with Gasteiger partial charge in [0.25, 0.3) is 0 Å². The zero-order valence-corrected chi connectivity index (χ0v) is 20.5. The first-order chi connectivity index (χ1) is 17.9.